The van der Waals surface area contributed by atoms with E-state index in [4.69, 9.17) is 5.73 Å². The zero-order valence-electron chi connectivity index (χ0n) is 13.3. The van der Waals surface area contributed by atoms with E-state index in [-0.39, 0.29) is 17.9 Å². The monoisotopic (exact) mass is 289 g/mol. The van der Waals surface area contributed by atoms with Crippen LogP contribution in [0.3, 0.4) is 0 Å². The van der Waals surface area contributed by atoms with Crippen molar-refractivity contribution in [2.24, 2.45) is 11.7 Å². The highest BCUT2D eigenvalue weighted by molar-refractivity contribution is 5.82. The molecule has 116 valence electrons. The molecule has 1 saturated heterocycles. The van der Waals surface area contributed by atoms with Gasteiger partial charge in [0, 0.05) is 18.8 Å². The quantitative estimate of drug-likeness (QED) is 0.875. The number of nitrogens with two attached hydrogens (primary N) is 1. The molecule has 21 heavy (non-hydrogen) atoms. The van der Waals surface area contributed by atoms with Gasteiger partial charge in [0.05, 0.1) is 12.1 Å². The van der Waals surface area contributed by atoms with Crippen LogP contribution < -0.4 is 16.0 Å². The number of anilines is 1. The number of nitrogens with zero attached hydrogens (tertiary/aromatic N) is 1. The molecule has 4 heteroatoms. The van der Waals surface area contributed by atoms with Gasteiger partial charge in [-0.05, 0) is 43.4 Å². The summed E-state index contributed by atoms with van der Waals surface area (Å²) in [7, 11) is 0. The zero-order chi connectivity index (χ0) is 15.4. The molecular weight excluding hydrogens is 262 g/mol. The highest BCUT2D eigenvalue weighted by Crippen LogP contribution is 2.24. The van der Waals surface area contributed by atoms with Crippen LogP contribution in [0.5, 0.6) is 0 Å². The maximum atomic E-state index is 12.1. The Balaban J connectivity index is 2.03. The Labute approximate surface area is 127 Å². The third-order valence-electron chi connectivity index (χ3n) is 4.22. The van der Waals surface area contributed by atoms with Crippen LogP contribution in [0.4, 0.5) is 5.69 Å². The van der Waals surface area contributed by atoms with Crippen molar-refractivity contribution in [1.29, 1.82) is 0 Å². The SMILES string of the molecule is CC(NC(=O)[C@@H](N)C(C)C)c1cccc(N2CCCC2)c1. The van der Waals surface area contributed by atoms with Gasteiger partial charge in [-0.3, -0.25) is 4.79 Å². The lowest BCUT2D eigenvalue weighted by Crippen LogP contribution is -2.44. The molecule has 0 bridgehead atoms. The molecule has 0 saturated carbocycles. The lowest BCUT2D eigenvalue weighted by Gasteiger charge is -2.22. The molecule has 0 aliphatic carbocycles. The lowest BCUT2D eigenvalue weighted by atomic mass is 10.0. The molecule has 1 heterocycles. The molecule has 0 aromatic heterocycles. The Morgan fingerprint density at radius 3 is 2.52 bits per heavy atom. The van der Waals surface area contributed by atoms with Crippen molar-refractivity contribution < 1.29 is 4.79 Å². The first-order valence-corrected chi connectivity index (χ1v) is 7.90. The first-order valence-electron chi connectivity index (χ1n) is 7.90. The van der Waals surface area contributed by atoms with E-state index in [2.05, 4.69) is 34.5 Å². The Morgan fingerprint density at radius 2 is 1.90 bits per heavy atom. The van der Waals surface area contributed by atoms with Gasteiger partial charge in [0.1, 0.15) is 0 Å². The standard InChI is InChI=1S/C17H27N3O/c1-12(2)16(18)17(21)19-13(3)14-7-6-8-15(11-14)20-9-4-5-10-20/h6-8,11-13,16H,4-5,9-10,18H2,1-3H3,(H,19,21)/t13?,16-/m0/s1. The number of carbonyl (C=O) groups excluding carboxylic acids is 1. The minimum Gasteiger partial charge on any atom is -0.372 e. The van der Waals surface area contributed by atoms with Crippen molar-refractivity contribution in [3.05, 3.63) is 29.8 Å². The summed E-state index contributed by atoms with van der Waals surface area (Å²) in [5.74, 6) is 0.0669. The van der Waals surface area contributed by atoms with Gasteiger partial charge in [-0.15, -0.1) is 0 Å². The van der Waals surface area contributed by atoms with Crippen molar-refractivity contribution in [3.63, 3.8) is 0 Å². The molecule has 1 aliphatic heterocycles. The average Bonchev–Trinajstić information content (AvgIpc) is 3.00. The van der Waals surface area contributed by atoms with Gasteiger partial charge in [0.15, 0.2) is 0 Å². The fourth-order valence-electron chi connectivity index (χ4n) is 2.66. The van der Waals surface area contributed by atoms with Gasteiger partial charge in [0.2, 0.25) is 5.91 Å². The Morgan fingerprint density at radius 1 is 1.24 bits per heavy atom. The van der Waals surface area contributed by atoms with Crippen LogP contribution in [0.1, 0.15) is 45.2 Å². The predicted molar refractivity (Wildman–Crippen MR) is 87.3 cm³/mol. The highest BCUT2D eigenvalue weighted by Gasteiger charge is 2.20. The average molecular weight is 289 g/mol. The summed E-state index contributed by atoms with van der Waals surface area (Å²) >= 11 is 0. The summed E-state index contributed by atoms with van der Waals surface area (Å²) in [5.41, 5.74) is 8.27. The van der Waals surface area contributed by atoms with Crippen molar-refractivity contribution in [3.8, 4) is 0 Å². The zero-order valence-corrected chi connectivity index (χ0v) is 13.3. The molecule has 1 aromatic rings. The number of carbonyl (C=O) groups is 1. The van der Waals surface area contributed by atoms with E-state index in [1.165, 1.54) is 18.5 Å². The molecule has 1 unspecified atom stereocenters. The Bertz CT molecular complexity index is 481. The van der Waals surface area contributed by atoms with Crippen molar-refractivity contribution in [1.82, 2.24) is 5.32 Å². The highest BCUT2D eigenvalue weighted by atomic mass is 16.2. The number of benzene rings is 1. The normalized spacial score (nSPS) is 17.9. The Kier molecular flexibility index (Phi) is 5.23. The second-order valence-electron chi connectivity index (χ2n) is 6.29. The van der Waals surface area contributed by atoms with E-state index in [0.29, 0.717) is 0 Å². The van der Waals surface area contributed by atoms with Crippen LogP contribution in [0, 0.1) is 5.92 Å². The summed E-state index contributed by atoms with van der Waals surface area (Å²) in [4.78, 5) is 14.5. The van der Waals surface area contributed by atoms with Crippen molar-refractivity contribution >= 4 is 11.6 Å². The fraction of sp³-hybridized carbons (Fsp3) is 0.588. The third kappa shape index (κ3) is 3.97. The van der Waals surface area contributed by atoms with Crippen LogP contribution in [0.2, 0.25) is 0 Å². The van der Waals surface area contributed by atoms with E-state index in [1.54, 1.807) is 0 Å². The van der Waals surface area contributed by atoms with Crippen LogP contribution >= 0.6 is 0 Å². The van der Waals surface area contributed by atoms with E-state index in [9.17, 15) is 4.79 Å². The molecule has 0 spiro atoms. The molecule has 2 atom stereocenters. The van der Waals surface area contributed by atoms with Gasteiger partial charge in [-0.2, -0.15) is 0 Å². The molecule has 3 N–H and O–H groups in total. The van der Waals surface area contributed by atoms with Gasteiger partial charge < -0.3 is 16.0 Å². The number of hydrogen-bond acceptors (Lipinski definition) is 3. The third-order valence-corrected chi connectivity index (χ3v) is 4.22. The van der Waals surface area contributed by atoms with Crippen molar-refractivity contribution in [2.45, 2.75) is 45.7 Å². The van der Waals surface area contributed by atoms with Gasteiger partial charge in [-0.1, -0.05) is 26.0 Å². The summed E-state index contributed by atoms with van der Waals surface area (Å²) < 4.78 is 0. The number of hydrogen-bond donors (Lipinski definition) is 2. The van der Waals surface area contributed by atoms with Gasteiger partial charge >= 0.3 is 0 Å². The first kappa shape index (κ1) is 15.8. The minimum absolute atomic E-state index is 0.0233. The van der Waals surface area contributed by atoms with E-state index >= 15 is 0 Å². The molecule has 2 rings (SSSR count). The maximum Gasteiger partial charge on any atom is 0.237 e. The van der Waals surface area contributed by atoms with E-state index < -0.39 is 6.04 Å². The Hall–Kier alpha value is -1.55. The maximum absolute atomic E-state index is 12.1. The molecule has 1 fully saturated rings. The smallest absolute Gasteiger partial charge is 0.237 e. The lowest BCUT2D eigenvalue weighted by molar-refractivity contribution is -0.123. The largest absolute Gasteiger partial charge is 0.372 e. The molecule has 1 aromatic carbocycles. The molecular formula is C17H27N3O. The summed E-state index contributed by atoms with van der Waals surface area (Å²) in [5, 5.41) is 3.01. The number of rotatable bonds is 5. The van der Waals surface area contributed by atoms with E-state index in [1.807, 2.05) is 20.8 Å². The fourth-order valence-corrected chi connectivity index (χ4v) is 2.66. The minimum atomic E-state index is -0.450. The predicted octanol–water partition coefficient (Wildman–Crippen LogP) is 2.45. The topological polar surface area (TPSA) is 58.4 Å². The summed E-state index contributed by atoms with van der Waals surface area (Å²) in [6, 6.07) is 7.97. The van der Waals surface area contributed by atoms with Crippen LogP contribution in [0.15, 0.2) is 24.3 Å². The molecule has 0 radical (unpaired) electrons. The second-order valence-corrected chi connectivity index (χ2v) is 6.29. The molecule has 1 aliphatic rings. The second kappa shape index (κ2) is 6.94. The van der Waals surface area contributed by atoms with E-state index in [0.717, 1.165) is 18.7 Å². The number of amides is 1. The van der Waals surface area contributed by atoms with Crippen LogP contribution in [0.25, 0.3) is 0 Å². The van der Waals surface area contributed by atoms with Crippen LogP contribution in [-0.2, 0) is 4.79 Å². The van der Waals surface area contributed by atoms with Crippen LogP contribution in [-0.4, -0.2) is 25.0 Å². The van der Waals surface area contributed by atoms with Crippen molar-refractivity contribution in [2.75, 3.05) is 18.0 Å². The van der Waals surface area contributed by atoms with Gasteiger partial charge in [0.25, 0.3) is 0 Å². The molecule has 1 amide bonds. The number of nitrogens with one attached hydrogen (secondary N) is 1. The molecule has 4 nitrogen and oxygen atoms in total. The van der Waals surface area contributed by atoms with Gasteiger partial charge in [-0.25, -0.2) is 0 Å². The summed E-state index contributed by atoms with van der Waals surface area (Å²) in [6.45, 7) is 8.19. The summed E-state index contributed by atoms with van der Waals surface area (Å²) in [6.07, 6.45) is 2.53. The first-order chi connectivity index (χ1) is 9.99.